The van der Waals surface area contributed by atoms with Crippen molar-refractivity contribution in [1.82, 2.24) is 20.2 Å². The maximum absolute atomic E-state index is 14.2. The zero-order chi connectivity index (χ0) is 26.7. The molecule has 4 rings (SSSR count). The van der Waals surface area contributed by atoms with Crippen LogP contribution < -0.4 is 16.0 Å². The Hall–Kier alpha value is -3.59. The van der Waals surface area contributed by atoms with Gasteiger partial charge in [0.2, 0.25) is 11.8 Å². The molecule has 2 amide bonds. The second kappa shape index (κ2) is 10.8. The van der Waals surface area contributed by atoms with Crippen LogP contribution in [0.4, 0.5) is 14.6 Å². The molecule has 2 aromatic carbocycles. The van der Waals surface area contributed by atoms with Crippen molar-refractivity contribution < 1.29 is 18.4 Å². The molecule has 3 aromatic rings. The Bertz CT molecular complexity index is 1290. The molecule has 0 fully saturated rings. The number of amides is 2. The van der Waals surface area contributed by atoms with Crippen LogP contribution >= 0.6 is 0 Å². The van der Waals surface area contributed by atoms with Gasteiger partial charge >= 0.3 is 0 Å². The van der Waals surface area contributed by atoms with Crippen molar-refractivity contribution in [2.24, 2.45) is 0 Å². The van der Waals surface area contributed by atoms with Gasteiger partial charge in [-0.3, -0.25) is 9.59 Å². The van der Waals surface area contributed by atoms with Gasteiger partial charge in [-0.05, 0) is 69.7 Å². The zero-order valence-corrected chi connectivity index (χ0v) is 21.6. The normalized spacial score (nSPS) is 16.1. The number of anilines is 1. The first-order chi connectivity index (χ1) is 17.5. The summed E-state index contributed by atoms with van der Waals surface area (Å²) < 4.78 is 29.3. The lowest BCUT2D eigenvalue weighted by molar-refractivity contribution is -0.128. The van der Waals surface area contributed by atoms with Gasteiger partial charge in [0.15, 0.2) is 5.82 Å². The second-order valence-electron chi connectivity index (χ2n) is 10.2. The Morgan fingerprint density at radius 3 is 2.65 bits per heavy atom. The first kappa shape index (κ1) is 26.5. The van der Waals surface area contributed by atoms with Crippen LogP contribution in [0.25, 0.3) is 0 Å². The lowest BCUT2D eigenvalue weighted by atomic mass is 9.87. The van der Waals surface area contributed by atoms with Gasteiger partial charge in [0.25, 0.3) is 0 Å². The van der Waals surface area contributed by atoms with Gasteiger partial charge in [-0.1, -0.05) is 29.8 Å². The van der Waals surface area contributed by atoms with Crippen LogP contribution in [0.3, 0.4) is 0 Å². The first-order valence-electron chi connectivity index (χ1n) is 12.4. The van der Waals surface area contributed by atoms with E-state index in [2.05, 4.69) is 20.9 Å². The molecule has 2 unspecified atom stereocenters. The van der Waals surface area contributed by atoms with Crippen molar-refractivity contribution in [1.29, 1.82) is 0 Å². The van der Waals surface area contributed by atoms with Gasteiger partial charge in [-0.15, -0.1) is 0 Å². The number of rotatable bonds is 8. The minimum atomic E-state index is -0.927. The van der Waals surface area contributed by atoms with Gasteiger partial charge < -0.3 is 20.5 Å². The molecule has 37 heavy (non-hydrogen) atoms. The number of carbonyl (C=O) groups excluding carboxylic acids is 2. The van der Waals surface area contributed by atoms with Crippen molar-refractivity contribution in [3.05, 3.63) is 82.8 Å². The second-order valence-corrected chi connectivity index (χ2v) is 10.2. The van der Waals surface area contributed by atoms with E-state index < -0.39 is 23.2 Å². The summed E-state index contributed by atoms with van der Waals surface area (Å²) in [7, 11) is 0. The summed E-state index contributed by atoms with van der Waals surface area (Å²) in [4.78, 5) is 29.9. The number of imidazole rings is 1. The highest BCUT2D eigenvalue weighted by Crippen LogP contribution is 2.25. The highest BCUT2D eigenvalue weighted by atomic mass is 19.1. The molecule has 0 spiro atoms. The van der Waals surface area contributed by atoms with Crippen LogP contribution in [0.5, 0.6) is 0 Å². The summed E-state index contributed by atoms with van der Waals surface area (Å²) in [6.07, 6.45) is 4.74. The fourth-order valence-electron chi connectivity index (χ4n) is 4.51. The van der Waals surface area contributed by atoms with E-state index in [1.54, 1.807) is 31.5 Å². The fraction of sp³-hybridized carbons (Fsp3) is 0.393. The van der Waals surface area contributed by atoms with Crippen molar-refractivity contribution >= 4 is 17.6 Å². The highest BCUT2D eigenvalue weighted by Gasteiger charge is 2.30. The quantitative estimate of drug-likeness (QED) is 0.429. The van der Waals surface area contributed by atoms with E-state index in [9.17, 15) is 18.4 Å². The van der Waals surface area contributed by atoms with Crippen LogP contribution in [-0.2, 0) is 34.5 Å². The maximum Gasteiger partial charge on any atom is 0.245 e. The standard InChI is InChI=1S/C28H33F2N5O2/c1-17-5-7-19(8-6-17)14-31-27(37)28(3,4)35-15-25(32-16-35)34-26(36)18(2)33-22-10-9-20-11-21(29)12-24(30)23(20)13-22/h5-8,11-12,15-16,18,22,33H,9-10,13-14H2,1-4H3,(H,31,37)(H,34,36). The molecule has 3 N–H and O–H groups in total. The predicted molar refractivity (Wildman–Crippen MR) is 138 cm³/mol. The van der Waals surface area contributed by atoms with E-state index >= 15 is 0 Å². The van der Waals surface area contributed by atoms with E-state index in [1.807, 2.05) is 31.2 Å². The summed E-state index contributed by atoms with van der Waals surface area (Å²) >= 11 is 0. The third-order valence-electron chi connectivity index (χ3n) is 6.95. The molecule has 1 aliphatic carbocycles. The molecule has 0 bridgehead atoms. The van der Waals surface area contributed by atoms with E-state index in [4.69, 9.17) is 0 Å². The van der Waals surface area contributed by atoms with E-state index in [1.165, 1.54) is 12.4 Å². The summed E-state index contributed by atoms with van der Waals surface area (Å²) in [5.41, 5.74) is 2.42. The Labute approximate surface area is 215 Å². The Morgan fingerprint density at radius 2 is 1.92 bits per heavy atom. The molecule has 2 atom stereocenters. The molecule has 0 saturated carbocycles. The molecular weight excluding hydrogens is 476 g/mol. The summed E-state index contributed by atoms with van der Waals surface area (Å²) in [5.74, 6) is -1.26. The number of nitrogens with one attached hydrogen (secondary N) is 3. The smallest absolute Gasteiger partial charge is 0.245 e. The maximum atomic E-state index is 14.2. The number of aromatic nitrogens is 2. The van der Waals surface area contributed by atoms with Gasteiger partial charge in [0, 0.05) is 24.8 Å². The number of hydrogen-bond acceptors (Lipinski definition) is 4. The lowest BCUT2D eigenvalue weighted by Crippen LogP contribution is -2.46. The molecule has 0 saturated heterocycles. The SMILES string of the molecule is Cc1ccc(CNC(=O)C(C)(C)n2cnc(NC(=O)C(C)NC3CCc4cc(F)cc(F)c4C3)c2)cc1. The number of carbonyl (C=O) groups is 2. The van der Waals surface area contributed by atoms with Crippen molar-refractivity contribution in [3.8, 4) is 0 Å². The minimum absolute atomic E-state index is 0.109. The number of fused-ring (bicyclic) bond motifs is 1. The fourth-order valence-corrected chi connectivity index (χ4v) is 4.51. The first-order valence-corrected chi connectivity index (χ1v) is 12.4. The van der Waals surface area contributed by atoms with Gasteiger partial charge in [-0.25, -0.2) is 13.8 Å². The molecule has 7 nitrogen and oxygen atoms in total. The molecule has 1 aliphatic rings. The molecule has 1 heterocycles. The van der Waals surface area contributed by atoms with E-state index in [0.717, 1.165) is 17.2 Å². The minimum Gasteiger partial charge on any atom is -0.350 e. The third kappa shape index (κ3) is 6.22. The summed E-state index contributed by atoms with van der Waals surface area (Å²) in [5, 5.41) is 8.97. The molecule has 1 aromatic heterocycles. The van der Waals surface area contributed by atoms with Gasteiger partial charge in [-0.2, -0.15) is 0 Å². The van der Waals surface area contributed by atoms with Crippen LogP contribution in [0, 0.1) is 18.6 Å². The molecular formula is C28H33F2N5O2. The van der Waals surface area contributed by atoms with Crippen LogP contribution in [-0.4, -0.2) is 33.4 Å². The molecule has 0 radical (unpaired) electrons. The molecule has 0 aliphatic heterocycles. The topological polar surface area (TPSA) is 88.1 Å². The predicted octanol–water partition coefficient (Wildman–Crippen LogP) is 4.00. The Morgan fingerprint density at radius 1 is 1.19 bits per heavy atom. The van der Waals surface area contributed by atoms with Crippen molar-refractivity contribution in [3.63, 3.8) is 0 Å². The number of aryl methyl sites for hydroxylation is 2. The summed E-state index contributed by atoms with van der Waals surface area (Å²) in [6.45, 7) is 7.71. The van der Waals surface area contributed by atoms with Crippen LogP contribution in [0.15, 0.2) is 48.9 Å². The Kier molecular flexibility index (Phi) is 7.73. The summed E-state index contributed by atoms with van der Waals surface area (Å²) in [6, 6.07) is 9.56. The number of hydrogen-bond donors (Lipinski definition) is 3. The monoisotopic (exact) mass is 509 g/mol. The number of halogens is 2. The van der Waals surface area contributed by atoms with Crippen LogP contribution in [0.1, 0.15) is 49.4 Å². The zero-order valence-electron chi connectivity index (χ0n) is 21.6. The van der Waals surface area contributed by atoms with Crippen LogP contribution in [0.2, 0.25) is 0 Å². The third-order valence-corrected chi connectivity index (χ3v) is 6.95. The number of benzene rings is 2. The number of nitrogens with zero attached hydrogens (tertiary/aromatic N) is 2. The van der Waals surface area contributed by atoms with Gasteiger partial charge in [0.05, 0.1) is 12.4 Å². The average molecular weight is 510 g/mol. The van der Waals surface area contributed by atoms with Gasteiger partial charge in [0.1, 0.15) is 17.2 Å². The molecule has 9 heteroatoms. The van der Waals surface area contributed by atoms with Crippen molar-refractivity contribution in [2.45, 2.75) is 71.1 Å². The molecule has 196 valence electrons. The largest absolute Gasteiger partial charge is 0.350 e. The lowest BCUT2D eigenvalue weighted by Gasteiger charge is -2.28. The van der Waals surface area contributed by atoms with E-state index in [0.29, 0.717) is 42.8 Å². The van der Waals surface area contributed by atoms with E-state index in [-0.39, 0.29) is 17.9 Å². The Balaban J connectivity index is 1.31. The highest BCUT2D eigenvalue weighted by molar-refractivity contribution is 5.93. The average Bonchev–Trinajstić information content (AvgIpc) is 3.33. The van der Waals surface area contributed by atoms with Crippen molar-refractivity contribution in [2.75, 3.05) is 5.32 Å².